The van der Waals surface area contributed by atoms with Crippen LogP contribution in [-0.2, 0) is 0 Å². The van der Waals surface area contributed by atoms with Crippen molar-refractivity contribution >= 4 is 39.0 Å². The Morgan fingerprint density at radius 2 is 2.12 bits per heavy atom. The highest BCUT2D eigenvalue weighted by molar-refractivity contribution is 9.10. The van der Waals surface area contributed by atoms with Crippen molar-refractivity contribution < 1.29 is 4.79 Å². The number of nitrogens with two attached hydrogens (primary N) is 1. The molecule has 0 saturated carbocycles. The first kappa shape index (κ1) is 14.1. The van der Waals surface area contributed by atoms with Gasteiger partial charge in [-0.1, -0.05) is 24.4 Å². The molecule has 5 heteroatoms. The van der Waals surface area contributed by atoms with Crippen molar-refractivity contribution in [2.75, 3.05) is 7.05 Å². The summed E-state index contributed by atoms with van der Waals surface area (Å²) < 4.78 is 0.791. The van der Waals surface area contributed by atoms with Crippen LogP contribution in [0.15, 0.2) is 28.7 Å². The molecule has 0 aliphatic heterocycles. The molecular weight excluding hydrogens is 300 g/mol. The molecule has 17 heavy (non-hydrogen) atoms. The largest absolute Gasteiger partial charge is 0.393 e. The minimum atomic E-state index is -0.0405. The van der Waals surface area contributed by atoms with Gasteiger partial charge in [-0.2, -0.15) is 0 Å². The lowest BCUT2D eigenvalue weighted by atomic mass is 10.1. The van der Waals surface area contributed by atoms with Crippen LogP contribution >= 0.6 is 28.1 Å². The van der Waals surface area contributed by atoms with Gasteiger partial charge in [-0.25, -0.2) is 0 Å². The van der Waals surface area contributed by atoms with E-state index < -0.39 is 0 Å². The third-order valence-corrected chi connectivity index (χ3v) is 3.44. The topological polar surface area (TPSA) is 46.3 Å². The van der Waals surface area contributed by atoms with Crippen molar-refractivity contribution in [1.29, 1.82) is 0 Å². The first-order chi connectivity index (χ1) is 7.93. The van der Waals surface area contributed by atoms with E-state index in [1.807, 2.05) is 25.1 Å². The number of thiocarbonyl (C=S) groups is 1. The Balaban J connectivity index is 2.83. The average Bonchev–Trinajstić information content (AvgIpc) is 2.27. The van der Waals surface area contributed by atoms with E-state index in [4.69, 9.17) is 18.0 Å². The number of amides is 1. The molecule has 2 N–H and O–H groups in total. The minimum Gasteiger partial charge on any atom is -0.393 e. The van der Waals surface area contributed by atoms with Gasteiger partial charge >= 0.3 is 0 Å². The Morgan fingerprint density at radius 1 is 1.53 bits per heavy atom. The van der Waals surface area contributed by atoms with Crippen LogP contribution in [0.4, 0.5) is 0 Å². The highest BCUT2D eigenvalue weighted by Gasteiger charge is 2.19. The third kappa shape index (κ3) is 3.78. The number of nitrogens with zero attached hydrogens (tertiary/aromatic N) is 1. The summed E-state index contributed by atoms with van der Waals surface area (Å²) in [5.41, 5.74) is 6.13. The van der Waals surface area contributed by atoms with Gasteiger partial charge in [0.2, 0.25) is 0 Å². The van der Waals surface area contributed by atoms with Crippen LogP contribution in [0, 0.1) is 0 Å². The summed E-state index contributed by atoms with van der Waals surface area (Å²) in [4.78, 5) is 14.3. The van der Waals surface area contributed by atoms with Crippen molar-refractivity contribution in [2.45, 2.75) is 19.4 Å². The molecule has 1 rings (SSSR count). The van der Waals surface area contributed by atoms with E-state index >= 15 is 0 Å². The summed E-state index contributed by atoms with van der Waals surface area (Å²) in [7, 11) is 1.75. The van der Waals surface area contributed by atoms with E-state index in [1.54, 1.807) is 18.0 Å². The highest BCUT2D eigenvalue weighted by Crippen LogP contribution is 2.18. The maximum Gasteiger partial charge on any atom is 0.254 e. The first-order valence-electron chi connectivity index (χ1n) is 5.23. The number of rotatable bonds is 4. The number of carbonyl (C=O) groups is 1. The van der Waals surface area contributed by atoms with Crippen molar-refractivity contribution in [3.63, 3.8) is 0 Å². The van der Waals surface area contributed by atoms with Gasteiger partial charge in [0, 0.05) is 24.0 Å². The van der Waals surface area contributed by atoms with E-state index in [2.05, 4.69) is 15.9 Å². The lowest BCUT2D eigenvalue weighted by molar-refractivity contribution is 0.0747. The molecule has 0 radical (unpaired) electrons. The average molecular weight is 315 g/mol. The molecule has 0 aromatic heterocycles. The number of halogens is 1. The Morgan fingerprint density at radius 3 is 2.65 bits per heavy atom. The molecule has 0 heterocycles. The van der Waals surface area contributed by atoms with Crippen molar-refractivity contribution in [2.24, 2.45) is 5.73 Å². The van der Waals surface area contributed by atoms with Gasteiger partial charge in [-0.05, 0) is 35.0 Å². The van der Waals surface area contributed by atoms with E-state index in [1.165, 1.54) is 0 Å². The second-order valence-corrected chi connectivity index (χ2v) is 5.29. The fourth-order valence-electron chi connectivity index (χ4n) is 1.45. The van der Waals surface area contributed by atoms with Gasteiger partial charge in [-0.3, -0.25) is 4.79 Å². The van der Waals surface area contributed by atoms with Crippen molar-refractivity contribution in [3.05, 3.63) is 34.3 Å². The van der Waals surface area contributed by atoms with Crippen LogP contribution in [-0.4, -0.2) is 28.9 Å². The lowest BCUT2D eigenvalue weighted by Crippen LogP contribution is -2.37. The second kappa shape index (κ2) is 6.12. The molecule has 1 aromatic carbocycles. The van der Waals surface area contributed by atoms with E-state index in [0.717, 1.165) is 4.47 Å². The Hall–Kier alpha value is -0.940. The first-order valence-corrected chi connectivity index (χ1v) is 6.43. The number of hydrogen-bond donors (Lipinski definition) is 1. The monoisotopic (exact) mass is 314 g/mol. The summed E-state index contributed by atoms with van der Waals surface area (Å²) in [6.45, 7) is 1.92. The Bertz CT molecular complexity index is 436. The van der Waals surface area contributed by atoms with Crippen LogP contribution in [0.1, 0.15) is 23.7 Å². The number of benzene rings is 1. The molecule has 1 unspecified atom stereocenters. The molecule has 92 valence electrons. The standard InChI is InChI=1S/C12H15BrN2OS/c1-8(7-11(14)17)15(2)12(16)9-5-3-4-6-10(9)13/h3-6,8H,7H2,1-2H3,(H2,14,17). The lowest BCUT2D eigenvalue weighted by Gasteiger charge is -2.25. The quantitative estimate of drug-likeness (QED) is 0.869. The molecule has 0 bridgehead atoms. The van der Waals surface area contributed by atoms with Gasteiger partial charge in [0.25, 0.3) is 5.91 Å². The zero-order valence-corrected chi connectivity index (χ0v) is 12.2. The normalized spacial score (nSPS) is 11.9. The Kier molecular flexibility index (Phi) is 5.08. The SMILES string of the molecule is CC(CC(N)=S)N(C)C(=O)c1ccccc1Br. The van der Waals surface area contributed by atoms with Gasteiger partial charge in [0.05, 0.1) is 10.6 Å². The zero-order chi connectivity index (χ0) is 13.0. The molecule has 0 aliphatic carbocycles. The fourth-order valence-corrected chi connectivity index (χ4v) is 2.15. The summed E-state index contributed by atoms with van der Waals surface area (Å²) in [6, 6.07) is 7.34. The van der Waals surface area contributed by atoms with E-state index in [9.17, 15) is 4.79 Å². The smallest absolute Gasteiger partial charge is 0.254 e. The predicted octanol–water partition coefficient (Wildman–Crippen LogP) is 2.59. The molecular formula is C12H15BrN2OS. The molecule has 1 atom stereocenters. The highest BCUT2D eigenvalue weighted by atomic mass is 79.9. The fraction of sp³-hybridized carbons (Fsp3) is 0.333. The molecule has 0 saturated heterocycles. The van der Waals surface area contributed by atoms with Crippen molar-refractivity contribution in [1.82, 2.24) is 4.90 Å². The molecule has 0 fully saturated rings. The second-order valence-electron chi connectivity index (χ2n) is 3.92. The molecule has 1 amide bonds. The van der Waals surface area contributed by atoms with Crippen LogP contribution in [0.5, 0.6) is 0 Å². The van der Waals surface area contributed by atoms with Crippen LogP contribution < -0.4 is 5.73 Å². The Labute approximate surface area is 115 Å². The summed E-state index contributed by atoms with van der Waals surface area (Å²) in [6.07, 6.45) is 0.530. The van der Waals surface area contributed by atoms with Crippen LogP contribution in [0.2, 0.25) is 0 Å². The van der Waals surface area contributed by atoms with Crippen molar-refractivity contribution in [3.8, 4) is 0 Å². The van der Waals surface area contributed by atoms with E-state index in [0.29, 0.717) is 17.0 Å². The molecule has 1 aromatic rings. The molecule has 3 nitrogen and oxygen atoms in total. The third-order valence-electron chi connectivity index (χ3n) is 2.58. The summed E-state index contributed by atoms with van der Waals surface area (Å²) >= 11 is 8.22. The van der Waals surface area contributed by atoms with E-state index in [-0.39, 0.29) is 11.9 Å². The van der Waals surface area contributed by atoms with Gasteiger partial charge in [-0.15, -0.1) is 0 Å². The summed E-state index contributed by atoms with van der Waals surface area (Å²) in [5, 5.41) is 0. The number of carbonyl (C=O) groups excluding carboxylic acids is 1. The maximum atomic E-state index is 12.2. The number of hydrogen-bond acceptors (Lipinski definition) is 2. The predicted molar refractivity (Wildman–Crippen MR) is 77.1 cm³/mol. The van der Waals surface area contributed by atoms with Gasteiger partial charge in [0.1, 0.15) is 0 Å². The van der Waals surface area contributed by atoms with Gasteiger partial charge in [0.15, 0.2) is 0 Å². The van der Waals surface area contributed by atoms with Gasteiger partial charge < -0.3 is 10.6 Å². The zero-order valence-electron chi connectivity index (χ0n) is 9.81. The molecule has 0 aliphatic rings. The minimum absolute atomic E-state index is 0.00731. The van der Waals surface area contributed by atoms with Crippen LogP contribution in [0.3, 0.4) is 0 Å². The maximum absolute atomic E-state index is 12.2. The van der Waals surface area contributed by atoms with Crippen LogP contribution in [0.25, 0.3) is 0 Å². The summed E-state index contributed by atoms with van der Waals surface area (Å²) in [5.74, 6) is -0.0405. The molecule has 0 spiro atoms.